The zero-order valence-electron chi connectivity index (χ0n) is 7.71. The minimum Gasteiger partial charge on any atom is -0.466 e. The number of hydrogen-bond donors (Lipinski definition) is 0. The molecule has 0 aromatic heterocycles. The van der Waals surface area contributed by atoms with Crippen LogP contribution in [0.4, 0.5) is 0 Å². The third kappa shape index (κ3) is 2.48. The highest BCUT2D eigenvalue weighted by Gasteiger charge is 2.43. The van der Waals surface area contributed by atoms with Gasteiger partial charge in [0.2, 0.25) is 0 Å². The van der Waals surface area contributed by atoms with E-state index in [1.807, 2.05) is 13.8 Å². The van der Waals surface area contributed by atoms with Gasteiger partial charge in [-0.25, -0.2) is 0 Å². The maximum absolute atomic E-state index is 11.1. The van der Waals surface area contributed by atoms with E-state index in [-0.39, 0.29) is 11.9 Å². The molecule has 70 valence electrons. The van der Waals surface area contributed by atoms with Gasteiger partial charge in [0.1, 0.15) is 0 Å². The molecule has 0 amide bonds. The van der Waals surface area contributed by atoms with E-state index in [1.54, 1.807) is 0 Å². The largest absolute Gasteiger partial charge is 0.466 e. The summed E-state index contributed by atoms with van der Waals surface area (Å²) < 4.78 is 10.1. The van der Waals surface area contributed by atoms with E-state index in [2.05, 4.69) is 0 Å². The first kappa shape index (κ1) is 9.52. The number of hydrogen-bond acceptors (Lipinski definition) is 3. The van der Waals surface area contributed by atoms with E-state index in [9.17, 15) is 4.79 Å². The second-order valence-corrected chi connectivity index (χ2v) is 3.01. The van der Waals surface area contributed by atoms with Crippen LogP contribution >= 0.6 is 0 Å². The van der Waals surface area contributed by atoms with E-state index in [4.69, 9.17) is 9.47 Å². The fraction of sp³-hybridized carbons (Fsp3) is 0.889. The van der Waals surface area contributed by atoms with Crippen molar-refractivity contribution in [3.05, 3.63) is 0 Å². The summed E-state index contributed by atoms with van der Waals surface area (Å²) >= 11 is 0. The maximum atomic E-state index is 11.1. The van der Waals surface area contributed by atoms with Crippen molar-refractivity contribution in [3.63, 3.8) is 0 Å². The van der Waals surface area contributed by atoms with Crippen LogP contribution in [0.1, 0.15) is 20.3 Å². The average Bonchev–Trinajstić information content (AvgIpc) is 2.80. The second kappa shape index (κ2) is 4.45. The lowest BCUT2D eigenvalue weighted by Crippen LogP contribution is -2.09. The van der Waals surface area contributed by atoms with Crippen molar-refractivity contribution in [1.82, 2.24) is 0 Å². The summed E-state index contributed by atoms with van der Waals surface area (Å²) in [5.41, 5.74) is 0. The van der Waals surface area contributed by atoms with E-state index < -0.39 is 0 Å². The van der Waals surface area contributed by atoms with Gasteiger partial charge in [-0.3, -0.25) is 4.79 Å². The molecule has 2 atom stereocenters. The van der Waals surface area contributed by atoms with E-state index in [1.165, 1.54) is 0 Å². The van der Waals surface area contributed by atoms with Crippen LogP contribution in [-0.4, -0.2) is 25.8 Å². The van der Waals surface area contributed by atoms with Crippen molar-refractivity contribution < 1.29 is 14.3 Å². The van der Waals surface area contributed by atoms with Crippen LogP contribution in [0.15, 0.2) is 0 Å². The van der Waals surface area contributed by atoms with Gasteiger partial charge >= 0.3 is 5.97 Å². The minimum absolute atomic E-state index is 0.0535. The van der Waals surface area contributed by atoms with Crippen molar-refractivity contribution in [2.45, 2.75) is 20.3 Å². The highest BCUT2D eigenvalue weighted by molar-refractivity contribution is 5.75. The Balaban J connectivity index is 2.10. The molecule has 0 aromatic carbocycles. The summed E-state index contributed by atoms with van der Waals surface area (Å²) in [6.45, 7) is 5.71. The SMILES string of the molecule is CCOC[C@@H]1C[C@@H]1C(=O)OCC. The lowest BCUT2D eigenvalue weighted by atomic mass is 10.3. The third-order valence-electron chi connectivity index (χ3n) is 2.05. The molecule has 3 nitrogen and oxygen atoms in total. The van der Waals surface area contributed by atoms with Crippen molar-refractivity contribution in [3.8, 4) is 0 Å². The van der Waals surface area contributed by atoms with Crippen molar-refractivity contribution in [1.29, 1.82) is 0 Å². The molecule has 1 rings (SSSR count). The third-order valence-corrected chi connectivity index (χ3v) is 2.05. The molecule has 0 saturated heterocycles. The zero-order valence-corrected chi connectivity index (χ0v) is 7.71. The van der Waals surface area contributed by atoms with Gasteiger partial charge in [-0.2, -0.15) is 0 Å². The molecule has 0 spiro atoms. The normalized spacial score (nSPS) is 26.8. The Morgan fingerprint density at radius 3 is 2.75 bits per heavy atom. The Hall–Kier alpha value is -0.570. The molecule has 1 fully saturated rings. The summed E-state index contributed by atoms with van der Waals surface area (Å²) in [6, 6.07) is 0. The molecule has 12 heavy (non-hydrogen) atoms. The summed E-state index contributed by atoms with van der Waals surface area (Å²) in [5.74, 6) is 0.489. The van der Waals surface area contributed by atoms with Crippen LogP contribution in [0.5, 0.6) is 0 Å². The first-order chi connectivity index (χ1) is 5.79. The molecule has 1 aliphatic rings. The minimum atomic E-state index is -0.0535. The Labute approximate surface area is 73.0 Å². The topological polar surface area (TPSA) is 35.5 Å². The van der Waals surface area contributed by atoms with Gasteiger partial charge in [-0.15, -0.1) is 0 Å². The summed E-state index contributed by atoms with van der Waals surface area (Å²) in [4.78, 5) is 11.1. The number of carbonyl (C=O) groups is 1. The van der Waals surface area contributed by atoms with Gasteiger partial charge in [0, 0.05) is 6.61 Å². The molecule has 0 unspecified atom stereocenters. The first-order valence-electron chi connectivity index (χ1n) is 4.54. The fourth-order valence-corrected chi connectivity index (χ4v) is 1.24. The lowest BCUT2D eigenvalue weighted by molar-refractivity contribution is -0.145. The predicted octanol–water partition coefficient (Wildman–Crippen LogP) is 1.22. The molecule has 1 saturated carbocycles. The summed E-state index contributed by atoms with van der Waals surface area (Å²) in [6.07, 6.45) is 0.943. The van der Waals surface area contributed by atoms with Crippen molar-refractivity contribution in [2.24, 2.45) is 11.8 Å². The van der Waals surface area contributed by atoms with Crippen LogP contribution in [0.3, 0.4) is 0 Å². The maximum Gasteiger partial charge on any atom is 0.309 e. The second-order valence-electron chi connectivity index (χ2n) is 3.01. The van der Waals surface area contributed by atoms with Gasteiger partial charge in [-0.1, -0.05) is 0 Å². The summed E-state index contributed by atoms with van der Waals surface area (Å²) in [7, 11) is 0. The van der Waals surface area contributed by atoms with Crippen LogP contribution in [-0.2, 0) is 14.3 Å². The van der Waals surface area contributed by atoms with Crippen LogP contribution in [0, 0.1) is 11.8 Å². The van der Waals surface area contributed by atoms with Gasteiger partial charge in [-0.05, 0) is 26.2 Å². The first-order valence-corrected chi connectivity index (χ1v) is 4.54. The van der Waals surface area contributed by atoms with Gasteiger partial charge < -0.3 is 9.47 Å². The number of rotatable bonds is 5. The molecule has 0 bridgehead atoms. The van der Waals surface area contributed by atoms with Gasteiger partial charge in [0.25, 0.3) is 0 Å². The standard InChI is InChI=1S/C9H16O3/c1-3-11-6-7-5-8(7)9(10)12-4-2/h7-8H,3-6H2,1-2H3/t7-,8-/m0/s1. The Kier molecular flexibility index (Phi) is 3.53. The summed E-state index contributed by atoms with van der Waals surface area (Å²) in [5, 5.41) is 0. The monoisotopic (exact) mass is 172 g/mol. The lowest BCUT2D eigenvalue weighted by Gasteiger charge is -2.00. The highest BCUT2D eigenvalue weighted by atomic mass is 16.5. The highest BCUT2D eigenvalue weighted by Crippen LogP contribution is 2.39. The molecule has 0 heterocycles. The van der Waals surface area contributed by atoms with Crippen LogP contribution in [0.25, 0.3) is 0 Å². The molecule has 0 N–H and O–H groups in total. The molecule has 0 radical (unpaired) electrons. The number of ether oxygens (including phenoxy) is 2. The Morgan fingerprint density at radius 2 is 2.17 bits per heavy atom. The van der Waals surface area contributed by atoms with Crippen LogP contribution < -0.4 is 0 Å². The number of esters is 1. The molecular weight excluding hydrogens is 156 g/mol. The van der Waals surface area contributed by atoms with Crippen LogP contribution in [0.2, 0.25) is 0 Å². The Bertz CT molecular complexity index is 156. The predicted molar refractivity (Wildman–Crippen MR) is 44.7 cm³/mol. The molecular formula is C9H16O3. The van der Waals surface area contributed by atoms with E-state index in [0.717, 1.165) is 13.0 Å². The molecule has 1 aliphatic carbocycles. The average molecular weight is 172 g/mol. The van der Waals surface area contributed by atoms with Crippen molar-refractivity contribution >= 4 is 5.97 Å². The van der Waals surface area contributed by atoms with Crippen molar-refractivity contribution in [2.75, 3.05) is 19.8 Å². The Morgan fingerprint density at radius 1 is 1.42 bits per heavy atom. The molecule has 0 aliphatic heterocycles. The molecule has 3 heteroatoms. The zero-order chi connectivity index (χ0) is 8.97. The smallest absolute Gasteiger partial charge is 0.309 e. The quantitative estimate of drug-likeness (QED) is 0.585. The fourth-order valence-electron chi connectivity index (χ4n) is 1.24. The van der Waals surface area contributed by atoms with E-state index in [0.29, 0.717) is 19.1 Å². The van der Waals surface area contributed by atoms with E-state index >= 15 is 0 Å². The van der Waals surface area contributed by atoms with Gasteiger partial charge in [0.15, 0.2) is 0 Å². The molecule has 0 aromatic rings. The van der Waals surface area contributed by atoms with Gasteiger partial charge in [0.05, 0.1) is 19.1 Å². The number of carbonyl (C=O) groups excluding carboxylic acids is 1.